The molecule has 0 spiro atoms. The van der Waals surface area contributed by atoms with Gasteiger partial charge in [-0.2, -0.15) is 0 Å². The number of thiazole rings is 1. The number of nitrogens with one attached hydrogen (secondary N) is 1. The minimum absolute atomic E-state index is 0.0379. The molecule has 7 heteroatoms. The fourth-order valence-corrected chi connectivity index (χ4v) is 3.37. The molecular weight excluding hydrogens is 308 g/mol. The minimum Gasteiger partial charge on any atom is -0.298 e. The molecule has 0 bridgehead atoms. The van der Waals surface area contributed by atoms with Gasteiger partial charge in [-0.3, -0.25) is 10.1 Å². The molecule has 1 aromatic carbocycles. The highest BCUT2D eigenvalue weighted by molar-refractivity contribution is 7.91. The lowest BCUT2D eigenvalue weighted by molar-refractivity contribution is 0.102. The highest BCUT2D eigenvalue weighted by Crippen LogP contribution is 2.22. The summed E-state index contributed by atoms with van der Waals surface area (Å²) in [5, 5.41) is 3.25. The predicted molar refractivity (Wildman–Crippen MR) is 83.7 cm³/mol. The van der Waals surface area contributed by atoms with E-state index in [1.807, 2.05) is 13.8 Å². The number of hydrogen-bond donors (Lipinski definition) is 1. The summed E-state index contributed by atoms with van der Waals surface area (Å²) >= 11 is 1.41. The van der Waals surface area contributed by atoms with Crippen molar-refractivity contribution in [2.45, 2.75) is 25.7 Å². The van der Waals surface area contributed by atoms with E-state index in [9.17, 15) is 13.2 Å². The number of amides is 1. The van der Waals surface area contributed by atoms with Gasteiger partial charge >= 0.3 is 0 Å². The SMILES string of the molecule is CCS(=O)(=O)c1ccc(C(=O)Nc2nc(C)c(C)s2)cc1. The molecule has 1 N–H and O–H groups in total. The molecule has 5 nitrogen and oxygen atoms in total. The third-order valence-corrected chi connectivity index (χ3v) is 5.84. The molecular formula is C14H16N2O3S2. The van der Waals surface area contributed by atoms with E-state index in [-0.39, 0.29) is 16.6 Å². The van der Waals surface area contributed by atoms with Gasteiger partial charge in [-0.1, -0.05) is 6.92 Å². The van der Waals surface area contributed by atoms with Crippen LogP contribution in [0.15, 0.2) is 29.2 Å². The molecule has 0 radical (unpaired) electrons. The van der Waals surface area contributed by atoms with Gasteiger partial charge in [0.2, 0.25) is 0 Å². The Morgan fingerprint density at radius 3 is 2.33 bits per heavy atom. The molecule has 1 heterocycles. The second kappa shape index (κ2) is 5.95. The van der Waals surface area contributed by atoms with E-state index < -0.39 is 9.84 Å². The van der Waals surface area contributed by atoms with Crippen LogP contribution in [0.2, 0.25) is 0 Å². The largest absolute Gasteiger partial charge is 0.298 e. The summed E-state index contributed by atoms with van der Waals surface area (Å²) in [6, 6.07) is 5.91. The lowest BCUT2D eigenvalue weighted by Crippen LogP contribution is -2.12. The Hall–Kier alpha value is -1.73. The van der Waals surface area contributed by atoms with E-state index in [1.165, 1.54) is 35.6 Å². The summed E-state index contributed by atoms with van der Waals surface area (Å²) in [7, 11) is -3.24. The Morgan fingerprint density at radius 1 is 1.24 bits per heavy atom. The van der Waals surface area contributed by atoms with Gasteiger partial charge < -0.3 is 0 Å². The first kappa shape index (κ1) is 15.7. The Morgan fingerprint density at radius 2 is 1.86 bits per heavy atom. The molecule has 0 aliphatic carbocycles. The zero-order valence-electron chi connectivity index (χ0n) is 12.0. The molecule has 0 fully saturated rings. The van der Waals surface area contributed by atoms with Crippen LogP contribution in [0.4, 0.5) is 5.13 Å². The van der Waals surface area contributed by atoms with Crippen LogP contribution in [0.5, 0.6) is 0 Å². The average molecular weight is 324 g/mol. The standard InChI is InChI=1S/C14H16N2O3S2/c1-4-21(18,19)12-7-5-11(6-8-12)13(17)16-14-15-9(2)10(3)20-14/h5-8H,4H2,1-3H3,(H,15,16,17). The first-order valence-corrected chi connectivity index (χ1v) is 8.88. The molecule has 0 unspecified atom stereocenters. The molecule has 1 amide bonds. The Labute approximate surface area is 128 Å². The van der Waals surface area contributed by atoms with E-state index in [0.717, 1.165) is 10.6 Å². The van der Waals surface area contributed by atoms with Crippen LogP contribution in [0.1, 0.15) is 27.9 Å². The number of benzene rings is 1. The Bertz CT molecular complexity index is 743. The smallest absolute Gasteiger partial charge is 0.257 e. The summed E-state index contributed by atoms with van der Waals surface area (Å²) in [6.45, 7) is 5.40. The monoisotopic (exact) mass is 324 g/mol. The zero-order chi connectivity index (χ0) is 15.6. The summed E-state index contributed by atoms with van der Waals surface area (Å²) in [5.74, 6) is -0.264. The quantitative estimate of drug-likeness (QED) is 0.938. The Kier molecular flexibility index (Phi) is 4.43. The van der Waals surface area contributed by atoms with E-state index in [1.54, 1.807) is 6.92 Å². The van der Waals surface area contributed by atoms with Crippen LogP contribution in [-0.2, 0) is 9.84 Å². The summed E-state index contributed by atoms with van der Waals surface area (Å²) in [5.41, 5.74) is 1.29. The molecule has 0 saturated heterocycles. The van der Waals surface area contributed by atoms with Gasteiger partial charge in [0.05, 0.1) is 16.3 Å². The number of carbonyl (C=O) groups is 1. The number of sulfone groups is 1. The first-order valence-electron chi connectivity index (χ1n) is 6.41. The van der Waals surface area contributed by atoms with Crippen LogP contribution >= 0.6 is 11.3 Å². The molecule has 0 aliphatic rings. The molecule has 2 aromatic rings. The van der Waals surface area contributed by atoms with Gasteiger partial charge in [0, 0.05) is 10.4 Å². The predicted octanol–water partition coefficient (Wildman–Crippen LogP) is 2.81. The van der Waals surface area contributed by atoms with E-state index in [2.05, 4.69) is 10.3 Å². The van der Waals surface area contributed by atoms with E-state index in [4.69, 9.17) is 0 Å². The van der Waals surface area contributed by atoms with Gasteiger partial charge in [0.15, 0.2) is 15.0 Å². The molecule has 0 atom stereocenters. The number of carbonyl (C=O) groups excluding carboxylic acids is 1. The van der Waals surface area contributed by atoms with E-state index >= 15 is 0 Å². The normalized spacial score (nSPS) is 11.4. The van der Waals surface area contributed by atoms with Crippen molar-refractivity contribution in [3.8, 4) is 0 Å². The van der Waals surface area contributed by atoms with Crippen LogP contribution in [0, 0.1) is 13.8 Å². The highest BCUT2D eigenvalue weighted by Gasteiger charge is 2.14. The fourth-order valence-electron chi connectivity index (χ4n) is 1.68. The molecule has 0 aliphatic heterocycles. The summed E-state index contributed by atoms with van der Waals surface area (Å²) in [4.78, 5) is 17.6. The Balaban J connectivity index is 2.17. The van der Waals surface area contributed by atoms with Crippen molar-refractivity contribution < 1.29 is 13.2 Å². The maximum Gasteiger partial charge on any atom is 0.257 e. The van der Waals surface area contributed by atoms with Gasteiger partial charge in [0.25, 0.3) is 5.91 Å². The van der Waals surface area contributed by atoms with Crippen molar-refractivity contribution in [2.75, 3.05) is 11.1 Å². The second-order valence-electron chi connectivity index (χ2n) is 4.54. The van der Waals surface area contributed by atoms with Crippen LogP contribution in [0.3, 0.4) is 0 Å². The van der Waals surface area contributed by atoms with E-state index in [0.29, 0.717) is 10.7 Å². The van der Waals surface area contributed by atoms with Crippen LogP contribution in [-0.4, -0.2) is 25.1 Å². The number of rotatable bonds is 4. The zero-order valence-corrected chi connectivity index (χ0v) is 13.6. The van der Waals surface area contributed by atoms with Crippen molar-refractivity contribution in [2.24, 2.45) is 0 Å². The third kappa shape index (κ3) is 3.48. The van der Waals surface area contributed by atoms with Gasteiger partial charge in [0.1, 0.15) is 0 Å². The number of aryl methyl sites for hydroxylation is 2. The van der Waals surface area contributed by atoms with Crippen molar-refractivity contribution in [1.82, 2.24) is 4.98 Å². The van der Waals surface area contributed by atoms with Crippen molar-refractivity contribution in [1.29, 1.82) is 0 Å². The minimum atomic E-state index is -3.24. The second-order valence-corrected chi connectivity index (χ2v) is 8.02. The molecule has 1 aromatic heterocycles. The van der Waals surface area contributed by atoms with Crippen LogP contribution in [0.25, 0.3) is 0 Å². The molecule has 112 valence electrons. The first-order chi connectivity index (χ1) is 9.83. The van der Waals surface area contributed by atoms with Crippen molar-refractivity contribution in [3.63, 3.8) is 0 Å². The summed E-state index contributed by atoms with van der Waals surface area (Å²) in [6.07, 6.45) is 0. The topological polar surface area (TPSA) is 76.1 Å². The number of nitrogens with zero attached hydrogens (tertiary/aromatic N) is 1. The highest BCUT2D eigenvalue weighted by atomic mass is 32.2. The maximum atomic E-state index is 12.1. The molecule has 2 rings (SSSR count). The number of hydrogen-bond acceptors (Lipinski definition) is 5. The molecule has 21 heavy (non-hydrogen) atoms. The molecule has 0 saturated carbocycles. The lowest BCUT2D eigenvalue weighted by Gasteiger charge is -2.04. The van der Waals surface area contributed by atoms with Crippen molar-refractivity contribution >= 4 is 32.2 Å². The number of aromatic nitrogens is 1. The lowest BCUT2D eigenvalue weighted by atomic mass is 10.2. The average Bonchev–Trinajstić information content (AvgIpc) is 2.77. The van der Waals surface area contributed by atoms with Gasteiger partial charge in [-0.05, 0) is 38.1 Å². The maximum absolute atomic E-state index is 12.1. The fraction of sp³-hybridized carbons (Fsp3) is 0.286. The number of anilines is 1. The summed E-state index contributed by atoms with van der Waals surface area (Å²) < 4.78 is 23.4. The van der Waals surface area contributed by atoms with Crippen molar-refractivity contribution in [3.05, 3.63) is 40.4 Å². The third-order valence-electron chi connectivity index (χ3n) is 3.10. The van der Waals surface area contributed by atoms with Gasteiger partial charge in [-0.15, -0.1) is 11.3 Å². The van der Waals surface area contributed by atoms with Gasteiger partial charge in [-0.25, -0.2) is 13.4 Å². The van der Waals surface area contributed by atoms with Crippen LogP contribution < -0.4 is 5.32 Å².